The van der Waals surface area contributed by atoms with Gasteiger partial charge in [0.1, 0.15) is 5.82 Å². The number of nitrogens with zero attached hydrogens (tertiary/aromatic N) is 1. The Kier molecular flexibility index (Phi) is 6.99. The van der Waals surface area contributed by atoms with E-state index in [1.54, 1.807) is 19.2 Å². The summed E-state index contributed by atoms with van der Waals surface area (Å²) in [6, 6.07) is 13.2. The third kappa shape index (κ3) is 4.83. The van der Waals surface area contributed by atoms with Gasteiger partial charge >= 0.3 is 0 Å². The second-order valence-corrected chi connectivity index (χ2v) is 11.2. The van der Waals surface area contributed by atoms with E-state index in [1.165, 1.54) is 48.7 Å². The maximum atomic E-state index is 14.5. The van der Waals surface area contributed by atoms with Crippen LogP contribution in [0.1, 0.15) is 18.4 Å². The Morgan fingerprint density at radius 3 is 2.41 bits per heavy atom. The minimum atomic E-state index is -4.13. The second kappa shape index (κ2) is 9.22. The maximum absolute atomic E-state index is 14.5. The highest BCUT2D eigenvalue weighted by molar-refractivity contribution is 7.93. The highest BCUT2D eigenvalue weighted by Crippen LogP contribution is 2.32. The Hall–Kier alpha value is -2.40. The minimum Gasteiger partial charge on any atom is -0.316 e. The van der Waals surface area contributed by atoms with Crippen molar-refractivity contribution in [1.29, 1.82) is 0 Å². The van der Waals surface area contributed by atoms with Crippen molar-refractivity contribution in [2.45, 2.75) is 29.5 Å². The SMILES string of the molecule is CNCc1cc(-c2ccccc2F)n(S(=O)(=O)c2cccc(NS(=O)(=O)C3CC3)c2)c1.Cl. The lowest BCUT2D eigenvalue weighted by molar-refractivity contribution is 0.587. The number of rotatable bonds is 8. The summed E-state index contributed by atoms with van der Waals surface area (Å²) in [5, 5.41) is 2.52. The highest BCUT2D eigenvalue weighted by atomic mass is 35.5. The van der Waals surface area contributed by atoms with Crippen molar-refractivity contribution in [3.63, 3.8) is 0 Å². The van der Waals surface area contributed by atoms with E-state index >= 15 is 0 Å². The summed E-state index contributed by atoms with van der Waals surface area (Å²) in [7, 11) is -5.94. The molecule has 0 spiro atoms. The summed E-state index contributed by atoms with van der Waals surface area (Å²) >= 11 is 0. The van der Waals surface area contributed by atoms with Crippen molar-refractivity contribution in [2.24, 2.45) is 0 Å². The molecule has 0 aliphatic heterocycles. The zero-order chi connectivity index (χ0) is 22.2. The van der Waals surface area contributed by atoms with Gasteiger partial charge in [0.15, 0.2) is 0 Å². The summed E-state index contributed by atoms with van der Waals surface area (Å²) in [6.45, 7) is 0.394. The average Bonchev–Trinajstić information content (AvgIpc) is 3.50. The molecular weight excluding hydrogens is 477 g/mol. The molecule has 0 radical (unpaired) electrons. The van der Waals surface area contributed by atoms with Crippen LogP contribution in [-0.4, -0.2) is 33.1 Å². The summed E-state index contributed by atoms with van der Waals surface area (Å²) in [5.41, 5.74) is 1.17. The fourth-order valence-corrected chi connectivity index (χ4v) is 6.14. The van der Waals surface area contributed by atoms with E-state index in [1.807, 2.05) is 0 Å². The quantitative estimate of drug-likeness (QED) is 0.493. The van der Waals surface area contributed by atoms with Crippen LogP contribution in [0.4, 0.5) is 10.1 Å². The number of aromatic nitrogens is 1. The van der Waals surface area contributed by atoms with Crippen LogP contribution in [0, 0.1) is 5.82 Å². The first kappa shape index (κ1) is 24.2. The van der Waals surface area contributed by atoms with Crippen LogP contribution in [-0.2, 0) is 26.6 Å². The van der Waals surface area contributed by atoms with E-state index in [4.69, 9.17) is 0 Å². The molecule has 172 valence electrons. The molecule has 2 N–H and O–H groups in total. The molecule has 11 heteroatoms. The van der Waals surface area contributed by atoms with Gasteiger partial charge in [-0.1, -0.05) is 18.2 Å². The van der Waals surface area contributed by atoms with Gasteiger partial charge in [-0.05, 0) is 61.9 Å². The number of nitrogens with one attached hydrogen (secondary N) is 2. The molecule has 4 rings (SSSR count). The fraction of sp³-hybridized carbons (Fsp3) is 0.238. The number of hydrogen-bond acceptors (Lipinski definition) is 5. The topological polar surface area (TPSA) is 97.3 Å². The van der Waals surface area contributed by atoms with Crippen LogP contribution in [0.2, 0.25) is 0 Å². The third-order valence-electron chi connectivity index (χ3n) is 4.99. The molecule has 0 bridgehead atoms. The van der Waals surface area contributed by atoms with E-state index in [0.29, 0.717) is 24.9 Å². The molecule has 1 aromatic heterocycles. The Labute approximate surface area is 193 Å². The molecule has 0 amide bonds. The summed E-state index contributed by atoms with van der Waals surface area (Å²) in [5.74, 6) is -0.543. The van der Waals surface area contributed by atoms with E-state index in [9.17, 15) is 21.2 Å². The van der Waals surface area contributed by atoms with Crippen LogP contribution >= 0.6 is 12.4 Å². The van der Waals surface area contributed by atoms with Crippen molar-refractivity contribution in [2.75, 3.05) is 11.8 Å². The molecule has 0 unspecified atom stereocenters. The molecule has 1 saturated carbocycles. The van der Waals surface area contributed by atoms with Gasteiger partial charge in [-0.3, -0.25) is 4.72 Å². The second-order valence-electron chi connectivity index (χ2n) is 7.42. The molecule has 3 aromatic rings. The first-order valence-corrected chi connectivity index (χ1v) is 12.7. The number of hydrogen-bond donors (Lipinski definition) is 2. The Morgan fingerprint density at radius 2 is 1.75 bits per heavy atom. The summed E-state index contributed by atoms with van der Waals surface area (Å²) in [4.78, 5) is -0.104. The summed E-state index contributed by atoms with van der Waals surface area (Å²) < 4.78 is 69.3. The number of anilines is 1. The minimum absolute atomic E-state index is 0. The maximum Gasteiger partial charge on any atom is 0.268 e. The first-order chi connectivity index (χ1) is 14.7. The Bertz CT molecular complexity index is 1340. The normalized spacial score (nSPS) is 14.1. The lowest BCUT2D eigenvalue weighted by Gasteiger charge is -2.13. The standard InChI is InChI=1S/C21H22FN3O4S2.ClH/c1-23-13-15-11-21(19-7-2-3-8-20(19)22)25(14-15)31(28,29)18-6-4-5-16(12-18)24-30(26,27)17-9-10-17;/h2-8,11-12,14,17,23-24H,9-10,13H2,1H3;1H. The van der Waals surface area contributed by atoms with Gasteiger partial charge < -0.3 is 5.32 Å². The molecule has 1 aliphatic rings. The monoisotopic (exact) mass is 499 g/mol. The number of halogens is 2. The molecule has 1 aliphatic carbocycles. The van der Waals surface area contributed by atoms with Crippen LogP contribution in [0.15, 0.2) is 65.7 Å². The van der Waals surface area contributed by atoms with Gasteiger partial charge in [0.05, 0.1) is 15.8 Å². The lowest BCUT2D eigenvalue weighted by Crippen LogP contribution is -2.18. The molecule has 2 aromatic carbocycles. The molecule has 0 atom stereocenters. The Balaban J connectivity index is 0.00000289. The van der Waals surface area contributed by atoms with Crippen molar-refractivity contribution in [3.05, 3.63) is 72.2 Å². The first-order valence-electron chi connectivity index (χ1n) is 9.70. The van der Waals surface area contributed by atoms with Crippen LogP contribution in [0.25, 0.3) is 11.3 Å². The van der Waals surface area contributed by atoms with Gasteiger partial charge in [-0.15, -0.1) is 12.4 Å². The van der Waals surface area contributed by atoms with Crippen LogP contribution in [0.5, 0.6) is 0 Å². The molecule has 0 saturated heterocycles. The third-order valence-corrected chi connectivity index (χ3v) is 8.53. The molecule has 32 heavy (non-hydrogen) atoms. The number of benzene rings is 2. The smallest absolute Gasteiger partial charge is 0.268 e. The van der Waals surface area contributed by atoms with Gasteiger partial charge in [0.25, 0.3) is 10.0 Å². The van der Waals surface area contributed by atoms with E-state index in [0.717, 1.165) is 3.97 Å². The largest absolute Gasteiger partial charge is 0.316 e. The highest BCUT2D eigenvalue weighted by Gasteiger charge is 2.36. The van der Waals surface area contributed by atoms with Crippen molar-refractivity contribution < 1.29 is 21.2 Å². The van der Waals surface area contributed by atoms with E-state index < -0.39 is 31.1 Å². The zero-order valence-electron chi connectivity index (χ0n) is 17.2. The molecule has 1 heterocycles. The average molecular weight is 500 g/mol. The number of sulfonamides is 1. The molecule has 7 nitrogen and oxygen atoms in total. The van der Waals surface area contributed by atoms with Crippen LogP contribution in [0.3, 0.4) is 0 Å². The van der Waals surface area contributed by atoms with Crippen LogP contribution < -0.4 is 10.0 Å². The fourth-order valence-electron chi connectivity index (χ4n) is 3.32. The van der Waals surface area contributed by atoms with Crippen molar-refractivity contribution in [1.82, 2.24) is 9.29 Å². The predicted octanol–water partition coefficient (Wildman–Crippen LogP) is 3.58. The zero-order valence-corrected chi connectivity index (χ0v) is 19.6. The van der Waals surface area contributed by atoms with Gasteiger partial charge in [-0.2, -0.15) is 0 Å². The lowest BCUT2D eigenvalue weighted by atomic mass is 10.1. The van der Waals surface area contributed by atoms with Crippen molar-refractivity contribution in [3.8, 4) is 11.3 Å². The van der Waals surface area contributed by atoms with Gasteiger partial charge in [0.2, 0.25) is 10.0 Å². The Morgan fingerprint density at radius 1 is 1.03 bits per heavy atom. The van der Waals surface area contributed by atoms with E-state index in [-0.39, 0.29) is 34.2 Å². The van der Waals surface area contributed by atoms with Gasteiger partial charge in [0, 0.05) is 24.0 Å². The van der Waals surface area contributed by atoms with E-state index in [2.05, 4.69) is 10.0 Å². The summed E-state index contributed by atoms with van der Waals surface area (Å²) in [6.07, 6.45) is 2.63. The predicted molar refractivity (Wildman–Crippen MR) is 124 cm³/mol. The van der Waals surface area contributed by atoms with Crippen molar-refractivity contribution >= 4 is 38.1 Å². The molecular formula is C21H23ClFN3O4S2. The van der Waals surface area contributed by atoms with Gasteiger partial charge in [-0.25, -0.2) is 25.2 Å². The molecule has 1 fully saturated rings.